The minimum atomic E-state index is -0.968. The van der Waals surface area contributed by atoms with E-state index in [2.05, 4.69) is 4.74 Å². The van der Waals surface area contributed by atoms with E-state index < -0.39 is 30.0 Å². The highest BCUT2D eigenvalue weighted by atomic mass is 16.5. The molecule has 0 aromatic rings. The van der Waals surface area contributed by atoms with Gasteiger partial charge in [-0.25, -0.2) is 0 Å². The number of carbonyl (C=O) groups excluding carboxylic acids is 1. The summed E-state index contributed by atoms with van der Waals surface area (Å²) in [5.74, 6) is -2.10. The Bertz CT molecular complexity index is 319. The molecule has 6 N–H and O–H groups in total. The van der Waals surface area contributed by atoms with Gasteiger partial charge in [-0.2, -0.15) is 0 Å². The molecule has 0 aliphatic heterocycles. The van der Waals surface area contributed by atoms with Crippen molar-refractivity contribution >= 4 is 17.9 Å². The molecule has 0 rings (SSSR count). The summed E-state index contributed by atoms with van der Waals surface area (Å²) < 4.78 is 4.29. The smallest absolute Gasteiger partial charge is 0.322 e. The van der Waals surface area contributed by atoms with Gasteiger partial charge >= 0.3 is 17.9 Å². The quantitative estimate of drug-likeness (QED) is 0.470. The fraction of sp³-hybridized carbons (Fsp3) is 0.750. The first-order chi connectivity index (χ1) is 9.11. The minimum absolute atomic E-state index is 0.113. The standard InChI is InChI=1S/C6H11NO4.C6H13NO2/c1-11-6(10)4(7)2-3-5(8)9;1-4(2)3-5(7)6(8)9/h4H,2-3,7H2,1H3,(H,8,9);4-5H,3,7H2,1-2H3,(H,8,9). The summed E-state index contributed by atoms with van der Waals surface area (Å²) in [4.78, 5) is 30.7. The van der Waals surface area contributed by atoms with Crippen LogP contribution in [0.4, 0.5) is 0 Å². The number of ether oxygens (including phenoxy) is 1. The molecule has 0 aromatic heterocycles. The molecular weight excluding hydrogens is 268 g/mol. The highest BCUT2D eigenvalue weighted by Gasteiger charge is 2.14. The molecule has 2 unspecified atom stereocenters. The summed E-state index contributed by atoms with van der Waals surface area (Å²) in [6.07, 6.45) is 0.549. The molecule has 0 saturated carbocycles. The van der Waals surface area contributed by atoms with E-state index in [1.165, 1.54) is 7.11 Å². The topological polar surface area (TPSA) is 153 Å². The lowest BCUT2D eigenvalue weighted by molar-refractivity contribution is -0.143. The Hall–Kier alpha value is -1.67. The van der Waals surface area contributed by atoms with E-state index in [1.807, 2.05) is 13.8 Å². The molecule has 0 aliphatic carbocycles. The Morgan fingerprint density at radius 2 is 1.60 bits per heavy atom. The normalized spacial score (nSPS) is 12.9. The number of methoxy groups -OCH3 is 1. The van der Waals surface area contributed by atoms with Gasteiger partial charge in [-0.3, -0.25) is 14.4 Å². The van der Waals surface area contributed by atoms with Crippen LogP contribution in [0.3, 0.4) is 0 Å². The number of carbonyl (C=O) groups is 3. The third-order valence-corrected chi connectivity index (χ3v) is 2.22. The van der Waals surface area contributed by atoms with Crippen molar-refractivity contribution in [1.29, 1.82) is 0 Å². The van der Waals surface area contributed by atoms with E-state index in [4.69, 9.17) is 21.7 Å². The van der Waals surface area contributed by atoms with Crippen molar-refractivity contribution < 1.29 is 29.3 Å². The number of carboxylic acid groups (broad SMARTS) is 2. The van der Waals surface area contributed by atoms with Crippen LogP contribution < -0.4 is 11.5 Å². The van der Waals surface area contributed by atoms with Crippen molar-refractivity contribution in [2.24, 2.45) is 17.4 Å². The van der Waals surface area contributed by atoms with Crippen LogP contribution in [0.25, 0.3) is 0 Å². The first kappa shape index (κ1) is 20.6. The van der Waals surface area contributed by atoms with Gasteiger partial charge in [0.25, 0.3) is 0 Å². The molecule has 0 spiro atoms. The Labute approximate surface area is 118 Å². The number of nitrogens with two attached hydrogens (primary N) is 2. The van der Waals surface area contributed by atoms with Gasteiger partial charge in [0.2, 0.25) is 0 Å². The number of hydrogen-bond donors (Lipinski definition) is 4. The zero-order valence-electron chi connectivity index (χ0n) is 12.0. The predicted molar refractivity (Wildman–Crippen MR) is 71.9 cm³/mol. The van der Waals surface area contributed by atoms with Crippen molar-refractivity contribution in [3.05, 3.63) is 0 Å². The summed E-state index contributed by atoms with van der Waals surface area (Å²) in [6.45, 7) is 3.89. The van der Waals surface area contributed by atoms with Crippen LogP contribution in [0, 0.1) is 5.92 Å². The second-order valence-electron chi connectivity index (χ2n) is 4.64. The molecule has 8 nitrogen and oxygen atoms in total. The molecule has 0 radical (unpaired) electrons. The van der Waals surface area contributed by atoms with Gasteiger partial charge in [-0.05, 0) is 18.8 Å². The Morgan fingerprint density at radius 1 is 1.10 bits per heavy atom. The van der Waals surface area contributed by atoms with Crippen molar-refractivity contribution in [2.45, 2.75) is 45.2 Å². The minimum Gasteiger partial charge on any atom is -0.481 e. The SMILES string of the molecule is CC(C)CC(N)C(=O)O.COC(=O)C(N)CCC(=O)O. The van der Waals surface area contributed by atoms with Crippen LogP contribution in [-0.4, -0.2) is 47.3 Å². The molecular formula is C12H24N2O6. The second-order valence-corrected chi connectivity index (χ2v) is 4.64. The van der Waals surface area contributed by atoms with Gasteiger partial charge in [-0.1, -0.05) is 13.8 Å². The average Bonchev–Trinajstić information content (AvgIpc) is 2.34. The van der Waals surface area contributed by atoms with Crippen LogP contribution in [0.5, 0.6) is 0 Å². The molecule has 0 fully saturated rings. The van der Waals surface area contributed by atoms with E-state index in [-0.39, 0.29) is 12.8 Å². The molecule has 2 atom stereocenters. The molecule has 8 heteroatoms. The molecule has 0 saturated heterocycles. The van der Waals surface area contributed by atoms with Crippen molar-refractivity contribution in [2.75, 3.05) is 7.11 Å². The number of hydrogen-bond acceptors (Lipinski definition) is 6. The van der Waals surface area contributed by atoms with Gasteiger partial charge < -0.3 is 26.4 Å². The van der Waals surface area contributed by atoms with Crippen LogP contribution in [0.15, 0.2) is 0 Å². The molecule has 0 heterocycles. The fourth-order valence-electron chi connectivity index (χ4n) is 1.16. The molecule has 0 bridgehead atoms. The van der Waals surface area contributed by atoms with E-state index >= 15 is 0 Å². The zero-order chi connectivity index (χ0) is 16.3. The van der Waals surface area contributed by atoms with Crippen molar-refractivity contribution in [1.82, 2.24) is 0 Å². The van der Waals surface area contributed by atoms with Crippen molar-refractivity contribution in [3.8, 4) is 0 Å². The Balaban J connectivity index is 0. The predicted octanol–water partition coefficient (Wildman–Crippen LogP) is -0.204. The van der Waals surface area contributed by atoms with Crippen LogP contribution in [0.2, 0.25) is 0 Å². The lowest BCUT2D eigenvalue weighted by atomic mass is 10.1. The highest BCUT2D eigenvalue weighted by Crippen LogP contribution is 2.01. The van der Waals surface area contributed by atoms with Crippen LogP contribution in [-0.2, 0) is 19.1 Å². The number of aliphatic carboxylic acids is 2. The lowest BCUT2D eigenvalue weighted by Crippen LogP contribution is -2.31. The molecule has 0 aliphatic rings. The third-order valence-electron chi connectivity index (χ3n) is 2.22. The van der Waals surface area contributed by atoms with E-state index in [9.17, 15) is 14.4 Å². The molecule has 0 aromatic carbocycles. The summed E-state index contributed by atoms with van der Waals surface area (Å²) in [5.41, 5.74) is 10.5. The van der Waals surface area contributed by atoms with E-state index in [0.717, 1.165) is 0 Å². The van der Waals surface area contributed by atoms with E-state index in [1.54, 1.807) is 0 Å². The van der Waals surface area contributed by atoms with Gasteiger partial charge in [0.05, 0.1) is 7.11 Å². The first-order valence-corrected chi connectivity index (χ1v) is 6.15. The average molecular weight is 292 g/mol. The Kier molecular flexibility index (Phi) is 11.5. The van der Waals surface area contributed by atoms with Gasteiger partial charge in [0.1, 0.15) is 12.1 Å². The van der Waals surface area contributed by atoms with Gasteiger partial charge in [-0.15, -0.1) is 0 Å². The summed E-state index contributed by atoms with van der Waals surface area (Å²) in [5, 5.41) is 16.5. The monoisotopic (exact) mass is 292 g/mol. The van der Waals surface area contributed by atoms with Gasteiger partial charge in [0, 0.05) is 6.42 Å². The zero-order valence-corrected chi connectivity index (χ0v) is 12.0. The van der Waals surface area contributed by atoms with Crippen LogP contribution in [0.1, 0.15) is 33.1 Å². The fourth-order valence-corrected chi connectivity index (χ4v) is 1.16. The maximum Gasteiger partial charge on any atom is 0.322 e. The molecule has 20 heavy (non-hydrogen) atoms. The maximum absolute atomic E-state index is 10.6. The van der Waals surface area contributed by atoms with Gasteiger partial charge in [0.15, 0.2) is 0 Å². The molecule has 118 valence electrons. The van der Waals surface area contributed by atoms with E-state index in [0.29, 0.717) is 12.3 Å². The number of esters is 1. The number of rotatable bonds is 7. The lowest BCUT2D eigenvalue weighted by Gasteiger charge is -2.07. The highest BCUT2D eigenvalue weighted by molar-refractivity contribution is 5.76. The third kappa shape index (κ3) is 12.8. The second kappa shape index (κ2) is 11.2. The first-order valence-electron chi connectivity index (χ1n) is 6.15. The summed E-state index contributed by atoms with van der Waals surface area (Å²) in [6, 6.07) is -1.51. The number of carboxylic acids is 2. The summed E-state index contributed by atoms with van der Waals surface area (Å²) >= 11 is 0. The maximum atomic E-state index is 10.6. The van der Waals surface area contributed by atoms with Crippen LogP contribution >= 0.6 is 0 Å². The van der Waals surface area contributed by atoms with Crippen molar-refractivity contribution in [3.63, 3.8) is 0 Å². The molecule has 0 amide bonds. The summed E-state index contributed by atoms with van der Waals surface area (Å²) in [7, 11) is 1.21. The Morgan fingerprint density at radius 3 is 1.85 bits per heavy atom. The largest absolute Gasteiger partial charge is 0.481 e.